The quantitative estimate of drug-likeness (QED) is 0.142. The normalized spacial score (nSPS) is 29.2. The number of hydrogen-bond acceptors (Lipinski definition) is 12. The molecule has 8 rings (SSSR count). The molecule has 2 bridgehead atoms. The fourth-order valence-electron chi connectivity index (χ4n) is 7.11. The number of quaternary nitrogens is 1. The molecular formula is C34H30N5O10+. The number of para-hydroxylation sites is 1. The summed E-state index contributed by atoms with van der Waals surface area (Å²) in [5.41, 5.74) is 1.55. The van der Waals surface area contributed by atoms with Crippen molar-refractivity contribution in [3.63, 3.8) is 0 Å². The summed E-state index contributed by atoms with van der Waals surface area (Å²) in [6.07, 6.45) is -7.49. The molecular weight excluding hydrogens is 638 g/mol. The lowest BCUT2D eigenvalue weighted by molar-refractivity contribution is -0.723. The molecule has 15 heteroatoms. The lowest BCUT2D eigenvalue weighted by Crippen LogP contribution is -3.09. The number of aliphatic hydroxyl groups excluding tert-OH is 3. The van der Waals surface area contributed by atoms with Gasteiger partial charge in [-0.1, -0.05) is 42.5 Å². The van der Waals surface area contributed by atoms with Gasteiger partial charge in [-0.15, -0.1) is 0 Å². The number of carbonyl (C=O) groups is 3. The summed E-state index contributed by atoms with van der Waals surface area (Å²) in [4.78, 5) is 49.6. The molecule has 7 N–H and O–H groups in total. The molecule has 1 amide bonds. The van der Waals surface area contributed by atoms with E-state index in [4.69, 9.17) is 19.6 Å². The first-order chi connectivity index (χ1) is 23.6. The highest BCUT2D eigenvalue weighted by Gasteiger charge is 2.47. The smallest absolute Gasteiger partial charge is 0.284 e. The van der Waals surface area contributed by atoms with E-state index in [0.717, 1.165) is 0 Å². The summed E-state index contributed by atoms with van der Waals surface area (Å²) in [6, 6.07) is 15.0. The van der Waals surface area contributed by atoms with Crippen LogP contribution in [0.3, 0.4) is 0 Å². The van der Waals surface area contributed by atoms with Crippen molar-refractivity contribution in [1.82, 2.24) is 5.32 Å². The number of benzene rings is 3. The molecule has 250 valence electrons. The van der Waals surface area contributed by atoms with Crippen LogP contribution in [0, 0.1) is 5.41 Å². The molecule has 1 saturated heterocycles. The Bertz CT molecular complexity index is 2030. The van der Waals surface area contributed by atoms with Crippen LogP contribution in [-0.2, 0) is 14.3 Å². The first-order valence-corrected chi connectivity index (χ1v) is 15.6. The molecule has 15 nitrogen and oxygen atoms in total. The number of phenolic OH excluding ortho intramolecular Hbond substituents is 1. The van der Waals surface area contributed by atoms with E-state index in [9.17, 15) is 34.8 Å². The van der Waals surface area contributed by atoms with E-state index in [-0.39, 0.29) is 77.4 Å². The molecule has 4 heterocycles. The average Bonchev–Trinajstić information content (AvgIpc) is 3.51. The van der Waals surface area contributed by atoms with Crippen molar-refractivity contribution >= 4 is 40.7 Å². The molecule has 3 aromatic rings. The van der Waals surface area contributed by atoms with Gasteiger partial charge in [0.15, 0.2) is 29.7 Å². The Morgan fingerprint density at radius 1 is 0.898 bits per heavy atom. The van der Waals surface area contributed by atoms with E-state index in [1.165, 1.54) is 18.2 Å². The molecule has 1 unspecified atom stereocenters. The number of guanidine groups is 1. The van der Waals surface area contributed by atoms with E-state index in [1.54, 1.807) is 24.3 Å². The Hall–Kier alpha value is -5.16. The number of ether oxygens (including phenoxy) is 3. The van der Waals surface area contributed by atoms with Crippen molar-refractivity contribution in [3.05, 3.63) is 88.0 Å². The number of hydrogen-bond donors (Lipinski definition) is 7. The number of aromatic hydroxyl groups is 1. The number of amidine groups is 1. The van der Waals surface area contributed by atoms with Gasteiger partial charge in [0.25, 0.3) is 11.7 Å². The van der Waals surface area contributed by atoms with Crippen molar-refractivity contribution in [2.75, 3.05) is 19.9 Å². The second-order valence-corrected chi connectivity index (χ2v) is 12.3. The van der Waals surface area contributed by atoms with E-state index in [0.29, 0.717) is 16.2 Å². The van der Waals surface area contributed by atoms with Gasteiger partial charge in [-0.3, -0.25) is 25.1 Å². The predicted molar refractivity (Wildman–Crippen MR) is 169 cm³/mol. The Balaban J connectivity index is 1.33. The molecule has 5 aliphatic rings. The third-order valence-electron chi connectivity index (χ3n) is 9.52. The van der Waals surface area contributed by atoms with E-state index >= 15 is 0 Å². The van der Waals surface area contributed by atoms with Gasteiger partial charge in [-0.2, -0.15) is 4.99 Å². The number of phenols is 1. The maximum Gasteiger partial charge on any atom is 0.284 e. The van der Waals surface area contributed by atoms with Gasteiger partial charge in [0, 0.05) is 40.3 Å². The summed E-state index contributed by atoms with van der Waals surface area (Å²) in [7, 11) is 0. The second kappa shape index (κ2) is 11.8. The average molecular weight is 669 g/mol. The maximum absolute atomic E-state index is 13.9. The topological polar surface area (TPSA) is 225 Å². The molecule has 0 saturated carbocycles. The molecule has 49 heavy (non-hydrogen) atoms. The Labute approximate surface area is 277 Å². The van der Waals surface area contributed by atoms with Crippen LogP contribution in [0.2, 0.25) is 0 Å². The highest BCUT2D eigenvalue weighted by Crippen LogP contribution is 2.48. The number of nitrogens with zero attached hydrogens (tertiary/aromatic N) is 2. The van der Waals surface area contributed by atoms with Crippen LogP contribution in [0.1, 0.15) is 55.3 Å². The minimum absolute atomic E-state index is 0.0545. The summed E-state index contributed by atoms with van der Waals surface area (Å²) in [6.45, 7) is -0.0168. The molecule has 1 fully saturated rings. The zero-order valence-corrected chi connectivity index (χ0v) is 25.6. The Morgan fingerprint density at radius 2 is 1.63 bits per heavy atom. The summed E-state index contributed by atoms with van der Waals surface area (Å²) in [5.74, 6) is -3.35. The van der Waals surface area contributed by atoms with Gasteiger partial charge in [0.05, 0.1) is 12.2 Å². The van der Waals surface area contributed by atoms with E-state index in [1.807, 2.05) is 12.1 Å². The lowest BCUT2D eigenvalue weighted by Gasteiger charge is -2.40. The lowest BCUT2D eigenvalue weighted by atomic mass is 9.79. The SMILES string of the molecule is N=C1N=C2C(=NC[NH+]2c2ccccc2[C@@H]2CCOC[C@@H]3O[C@H](Oc4c2cc2c(c4O)C(=O)c4ccccc4C2=O)[C@@H](O)[C@H](O)[C@H]3O)C(=O)N1. The van der Waals surface area contributed by atoms with Crippen LogP contribution in [0.5, 0.6) is 11.5 Å². The fourth-order valence-corrected chi connectivity index (χ4v) is 7.11. The first kappa shape index (κ1) is 31.1. The molecule has 1 aliphatic carbocycles. The third-order valence-corrected chi connectivity index (χ3v) is 9.52. The largest absolute Gasteiger partial charge is 0.504 e. The number of fused-ring (bicyclic) bond motifs is 6. The highest BCUT2D eigenvalue weighted by atomic mass is 16.7. The van der Waals surface area contributed by atoms with Crippen LogP contribution >= 0.6 is 0 Å². The zero-order chi connectivity index (χ0) is 34.1. The molecule has 0 radical (unpaired) electrons. The van der Waals surface area contributed by atoms with Gasteiger partial charge >= 0.3 is 0 Å². The van der Waals surface area contributed by atoms with Crippen molar-refractivity contribution in [2.24, 2.45) is 9.98 Å². The Kier molecular flexibility index (Phi) is 7.47. The number of nitrogens with one attached hydrogen (secondary N) is 3. The van der Waals surface area contributed by atoms with E-state index < -0.39 is 59.8 Å². The third kappa shape index (κ3) is 4.89. The number of aliphatic imine (C=N–C) groups is 2. The van der Waals surface area contributed by atoms with Gasteiger partial charge in [-0.05, 0) is 18.6 Å². The number of ketones is 2. The van der Waals surface area contributed by atoms with Crippen LogP contribution < -0.4 is 15.0 Å². The number of aliphatic hydroxyl groups is 3. The molecule has 3 aromatic carbocycles. The number of rotatable bonds is 2. The minimum Gasteiger partial charge on any atom is -0.504 e. The van der Waals surface area contributed by atoms with Crippen molar-refractivity contribution < 1.29 is 53.9 Å². The summed E-state index contributed by atoms with van der Waals surface area (Å²) < 4.78 is 17.9. The monoisotopic (exact) mass is 668 g/mol. The first-order valence-electron chi connectivity index (χ1n) is 15.6. The van der Waals surface area contributed by atoms with Crippen molar-refractivity contribution in [1.29, 1.82) is 5.41 Å². The van der Waals surface area contributed by atoms with Gasteiger partial charge < -0.3 is 34.6 Å². The van der Waals surface area contributed by atoms with Gasteiger partial charge in [-0.25, -0.2) is 9.89 Å². The molecule has 4 aliphatic heterocycles. The number of amides is 1. The minimum atomic E-state index is -1.77. The van der Waals surface area contributed by atoms with E-state index in [2.05, 4.69) is 15.3 Å². The second-order valence-electron chi connectivity index (χ2n) is 12.3. The maximum atomic E-state index is 13.9. The number of carbonyl (C=O) groups excluding carboxylic acids is 3. The van der Waals surface area contributed by atoms with Crippen LogP contribution in [0.25, 0.3) is 0 Å². The van der Waals surface area contributed by atoms with Crippen LogP contribution in [0.15, 0.2) is 64.6 Å². The fraction of sp³-hybridized carbons (Fsp3) is 0.294. The van der Waals surface area contributed by atoms with Gasteiger partial charge in [0.2, 0.25) is 18.0 Å². The Morgan fingerprint density at radius 3 is 2.43 bits per heavy atom. The summed E-state index contributed by atoms with van der Waals surface area (Å²) >= 11 is 0. The zero-order valence-electron chi connectivity index (χ0n) is 25.6. The van der Waals surface area contributed by atoms with Gasteiger partial charge in [0.1, 0.15) is 30.1 Å². The van der Waals surface area contributed by atoms with Crippen molar-refractivity contribution in [2.45, 2.75) is 43.0 Å². The standard InChI is InChI=1S/C34H29N5O10/c35-34-37-31-23(32(46)38-34)36-13-39(31)20-8-4-3-5-15(20)14-9-10-47-12-21-26(42)28(44)29(45)33(48-21)49-30-18(14)11-19-22(27(30)43)25(41)17-7-2-1-6-16(17)24(19)40/h1-8,11,14,21,26,28-29,33,42-45H,9-10,12-13H2,(H2,35,38,46)/p+1/t14-,21-,26-,28+,29-,33+/m0/s1. The van der Waals surface area contributed by atoms with Crippen molar-refractivity contribution in [3.8, 4) is 11.5 Å². The van der Waals surface area contributed by atoms with Crippen LogP contribution in [0.4, 0.5) is 5.69 Å². The predicted octanol–water partition coefficient (Wildman–Crippen LogP) is -0.702. The van der Waals surface area contributed by atoms with Crippen LogP contribution in [-0.4, -0.2) is 106 Å². The molecule has 0 aromatic heterocycles. The molecule has 0 spiro atoms. The highest BCUT2D eigenvalue weighted by molar-refractivity contribution is 6.68. The summed E-state index contributed by atoms with van der Waals surface area (Å²) in [5, 5.41) is 54.5. The molecule has 7 atom stereocenters.